The molecule has 0 spiro atoms. The van der Waals surface area contributed by atoms with E-state index in [1.54, 1.807) is 0 Å². The van der Waals surface area contributed by atoms with Gasteiger partial charge in [0.1, 0.15) is 6.10 Å². The molecule has 1 heterocycles. The fraction of sp³-hybridized carbons (Fsp3) is 0.833. The van der Waals surface area contributed by atoms with Crippen LogP contribution in [0.2, 0.25) is 0 Å². The molecule has 1 fully saturated rings. The van der Waals surface area contributed by atoms with E-state index in [-0.39, 0.29) is 0 Å². The van der Waals surface area contributed by atoms with Crippen LogP contribution in [-0.4, -0.2) is 54.0 Å². The molecule has 0 amide bonds. The first-order valence-corrected chi connectivity index (χ1v) is 6.62. The molecule has 0 radical (unpaired) electrons. The number of nitrogens with one attached hydrogen (secondary N) is 1. The maximum absolute atomic E-state index is 9.60. The van der Waals surface area contributed by atoms with Gasteiger partial charge in [-0.05, 0) is 25.0 Å². The number of hydrogen-bond acceptors (Lipinski definition) is 8. The molecule has 2 unspecified atom stereocenters. The van der Waals surface area contributed by atoms with E-state index in [2.05, 4.69) is 21.8 Å². The fourth-order valence-corrected chi connectivity index (χ4v) is 1.78. The second-order valence-electron chi connectivity index (χ2n) is 4.54. The largest absolute Gasteiger partial charge is 0.383 e. The van der Waals surface area contributed by atoms with E-state index in [1.165, 1.54) is 0 Å². The first-order chi connectivity index (χ1) is 9.65. The summed E-state index contributed by atoms with van der Waals surface area (Å²) in [4.78, 5) is 4.00. The van der Waals surface area contributed by atoms with Gasteiger partial charge in [-0.15, -0.1) is 0 Å². The van der Waals surface area contributed by atoms with Crippen LogP contribution in [0.4, 0.5) is 0 Å². The van der Waals surface area contributed by atoms with Crippen LogP contribution in [0.1, 0.15) is 25.7 Å². The van der Waals surface area contributed by atoms with Crippen LogP contribution in [-0.2, 0) is 19.4 Å². The van der Waals surface area contributed by atoms with Crippen molar-refractivity contribution in [3.8, 4) is 0 Å². The van der Waals surface area contributed by atoms with Crippen LogP contribution >= 0.6 is 0 Å². The molecule has 0 aromatic carbocycles. The van der Waals surface area contributed by atoms with Crippen molar-refractivity contribution in [3.05, 3.63) is 12.2 Å². The predicted octanol–water partition coefficient (Wildman–Crippen LogP) is 0.123. The van der Waals surface area contributed by atoms with Gasteiger partial charge in [0.05, 0.1) is 6.61 Å². The quantitative estimate of drug-likeness (QED) is 0.140. The molecule has 0 aliphatic carbocycles. The zero-order chi connectivity index (χ0) is 14.8. The second-order valence-corrected chi connectivity index (χ2v) is 4.54. The van der Waals surface area contributed by atoms with E-state index in [9.17, 15) is 5.11 Å². The molecule has 118 valence electrons. The summed E-state index contributed by atoms with van der Waals surface area (Å²) in [6.07, 6.45) is 0.952. The zero-order valence-corrected chi connectivity index (χ0v) is 11.4. The minimum atomic E-state index is -1.34. The van der Waals surface area contributed by atoms with E-state index in [0.717, 1.165) is 25.7 Å². The molecular formula is C12H23NO7. The summed E-state index contributed by atoms with van der Waals surface area (Å²) >= 11 is 0. The highest BCUT2D eigenvalue weighted by Crippen LogP contribution is 2.19. The topological polar surface area (TPSA) is 110 Å². The van der Waals surface area contributed by atoms with E-state index in [4.69, 9.17) is 19.8 Å². The summed E-state index contributed by atoms with van der Waals surface area (Å²) in [6, 6.07) is 0. The van der Waals surface area contributed by atoms with Gasteiger partial charge in [0.2, 0.25) is 6.41 Å². The minimum absolute atomic E-state index is 0.347. The molecule has 1 rings (SSSR count). The lowest BCUT2D eigenvalue weighted by Gasteiger charge is -2.14. The molecule has 0 bridgehead atoms. The molecule has 1 aliphatic heterocycles. The Hall–Kier alpha value is -0.580. The number of rotatable bonds is 11. The zero-order valence-electron chi connectivity index (χ0n) is 11.4. The monoisotopic (exact) mass is 293 g/mol. The van der Waals surface area contributed by atoms with Crippen LogP contribution < -0.4 is 5.32 Å². The summed E-state index contributed by atoms with van der Waals surface area (Å²) in [5.74, 6) is 0. The Bertz CT molecular complexity index is 277. The van der Waals surface area contributed by atoms with Crippen molar-refractivity contribution in [1.29, 1.82) is 0 Å². The van der Waals surface area contributed by atoms with Crippen LogP contribution in [0.3, 0.4) is 0 Å². The lowest BCUT2D eigenvalue weighted by atomic mass is 10.2. The second kappa shape index (κ2) is 10.2. The Morgan fingerprint density at radius 3 is 2.75 bits per heavy atom. The van der Waals surface area contributed by atoms with Crippen LogP contribution in [0.25, 0.3) is 0 Å². The molecule has 0 saturated carbocycles. The Kier molecular flexibility index (Phi) is 8.90. The molecule has 8 heteroatoms. The highest BCUT2D eigenvalue weighted by atomic mass is 17.5. The third-order valence-electron chi connectivity index (χ3n) is 2.92. The first kappa shape index (κ1) is 17.5. The van der Waals surface area contributed by atoms with Crippen molar-refractivity contribution in [1.82, 2.24) is 5.32 Å². The summed E-state index contributed by atoms with van der Waals surface area (Å²) < 4.78 is 10.6. The maximum atomic E-state index is 9.60. The lowest BCUT2D eigenvalue weighted by molar-refractivity contribution is -0.530. The van der Waals surface area contributed by atoms with Crippen molar-refractivity contribution in [2.45, 2.75) is 44.5 Å². The SMILES string of the molecule is C=C1COC(OCCCCCCN[C@H](O)OOO)C1O. The Balaban J connectivity index is 1.87. The van der Waals surface area contributed by atoms with Crippen LogP contribution in [0, 0.1) is 0 Å². The molecule has 0 aromatic rings. The molecule has 1 aliphatic rings. The first-order valence-electron chi connectivity index (χ1n) is 6.62. The molecule has 1 saturated heterocycles. The van der Waals surface area contributed by atoms with Crippen LogP contribution in [0.5, 0.6) is 0 Å². The molecular weight excluding hydrogens is 270 g/mol. The van der Waals surface area contributed by atoms with Crippen molar-refractivity contribution < 1.29 is 34.9 Å². The Morgan fingerprint density at radius 2 is 2.10 bits per heavy atom. The smallest absolute Gasteiger partial charge is 0.248 e. The van der Waals surface area contributed by atoms with Gasteiger partial charge in [-0.1, -0.05) is 24.5 Å². The van der Waals surface area contributed by atoms with Gasteiger partial charge in [0, 0.05) is 6.61 Å². The van der Waals surface area contributed by atoms with E-state index in [0.29, 0.717) is 25.3 Å². The normalized spacial score (nSPS) is 24.2. The molecule has 4 N–H and O–H groups in total. The third-order valence-corrected chi connectivity index (χ3v) is 2.92. The minimum Gasteiger partial charge on any atom is -0.383 e. The van der Waals surface area contributed by atoms with Crippen LogP contribution in [0.15, 0.2) is 12.2 Å². The average Bonchev–Trinajstić information content (AvgIpc) is 2.74. The Labute approximate surface area is 117 Å². The van der Waals surface area contributed by atoms with Gasteiger partial charge < -0.3 is 19.7 Å². The summed E-state index contributed by atoms with van der Waals surface area (Å²) in [5.41, 5.74) is 0.647. The molecule has 20 heavy (non-hydrogen) atoms. The standard InChI is InChI=1S/C12H23NO7/c1-9-8-18-11(10(9)14)17-7-5-3-2-4-6-13-12(15)19-20-16/h10-16H,1-8H2/t10?,11?,12-/m1/s1. The summed E-state index contributed by atoms with van der Waals surface area (Å²) in [6.45, 7) is 5.08. The van der Waals surface area contributed by atoms with Crippen molar-refractivity contribution in [2.75, 3.05) is 19.8 Å². The summed E-state index contributed by atoms with van der Waals surface area (Å²) in [5, 5.41) is 32.4. The predicted molar refractivity (Wildman–Crippen MR) is 68.1 cm³/mol. The van der Waals surface area contributed by atoms with Gasteiger partial charge in [0.25, 0.3) is 0 Å². The van der Waals surface area contributed by atoms with Crippen molar-refractivity contribution >= 4 is 0 Å². The van der Waals surface area contributed by atoms with Gasteiger partial charge in [-0.2, -0.15) is 4.89 Å². The lowest BCUT2D eigenvalue weighted by Crippen LogP contribution is -2.31. The molecule has 0 aromatic heterocycles. The number of ether oxygens (including phenoxy) is 2. The number of aliphatic hydroxyl groups excluding tert-OH is 2. The van der Waals surface area contributed by atoms with E-state index in [1.807, 2.05) is 0 Å². The van der Waals surface area contributed by atoms with Gasteiger partial charge in [0.15, 0.2) is 6.29 Å². The van der Waals surface area contributed by atoms with Gasteiger partial charge in [-0.3, -0.25) is 5.32 Å². The maximum Gasteiger partial charge on any atom is 0.248 e. The summed E-state index contributed by atoms with van der Waals surface area (Å²) in [7, 11) is 0. The van der Waals surface area contributed by atoms with E-state index < -0.39 is 18.8 Å². The number of unbranched alkanes of at least 4 members (excludes halogenated alkanes) is 3. The number of hydrogen-bond donors (Lipinski definition) is 4. The third kappa shape index (κ3) is 6.73. The highest BCUT2D eigenvalue weighted by Gasteiger charge is 2.29. The molecule has 8 nitrogen and oxygen atoms in total. The van der Waals surface area contributed by atoms with Gasteiger partial charge in [-0.25, -0.2) is 5.26 Å². The average molecular weight is 293 g/mol. The highest BCUT2D eigenvalue weighted by molar-refractivity contribution is 5.07. The van der Waals surface area contributed by atoms with Crippen molar-refractivity contribution in [2.24, 2.45) is 0 Å². The van der Waals surface area contributed by atoms with Crippen molar-refractivity contribution in [3.63, 3.8) is 0 Å². The Morgan fingerprint density at radius 1 is 1.35 bits per heavy atom. The van der Waals surface area contributed by atoms with Gasteiger partial charge >= 0.3 is 0 Å². The number of aliphatic hydroxyl groups is 2. The van der Waals surface area contributed by atoms with E-state index >= 15 is 0 Å². The fourth-order valence-electron chi connectivity index (χ4n) is 1.78. The molecule has 3 atom stereocenters.